The van der Waals surface area contributed by atoms with Gasteiger partial charge in [-0.2, -0.15) is 0 Å². The number of benzene rings is 1. The highest BCUT2D eigenvalue weighted by Crippen LogP contribution is 2.30. The van der Waals surface area contributed by atoms with E-state index in [1.807, 2.05) is 0 Å². The molecule has 0 spiro atoms. The smallest absolute Gasteiger partial charge is 0.323 e. The number of ether oxygens (including phenoxy) is 4. The molecule has 0 amide bonds. The van der Waals surface area contributed by atoms with Gasteiger partial charge in [0.2, 0.25) is 0 Å². The Labute approximate surface area is 188 Å². The SMILES string of the molecule is CCC(=O)Oc1ccc(C[C@H](N)C(=O)O[C@@H](C)[C@H](C)OC(=O)C(C)C)cc1OC(=O)CC. The molecule has 1 aromatic rings. The Bertz CT molecular complexity index is 820. The lowest BCUT2D eigenvalue weighted by molar-refractivity contribution is -0.168. The van der Waals surface area contributed by atoms with E-state index >= 15 is 0 Å². The van der Waals surface area contributed by atoms with E-state index in [1.54, 1.807) is 47.6 Å². The fraction of sp³-hybridized carbons (Fsp3) is 0.565. The van der Waals surface area contributed by atoms with Crippen molar-refractivity contribution in [3.05, 3.63) is 23.8 Å². The van der Waals surface area contributed by atoms with Crippen LogP contribution in [0.2, 0.25) is 0 Å². The van der Waals surface area contributed by atoms with E-state index < -0.39 is 36.2 Å². The molecule has 0 saturated carbocycles. The topological polar surface area (TPSA) is 131 Å². The molecule has 0 fully saturated rings. The molecule has 9 heteroatoms. The first-order valence-corrected chi connectivity index (χ1v) is 10.7. The summed E-state index contributed by atoms with van der Waals surface area (Å²) in [6, 6.07) is 3.58. The molecule has 3 atom stereocenters. The molecule has 178 valence electrons. The Hall–Kier alpha value is -2.94. The normalized spacial score (nSPS) is 13.6. The minimum absolute atomic E-state index is 0.0688. The first-order valence-electron chi connectivity index (χ1n) is 10.7. The third-order valence-electron chi connectivity index (χ3n) is 4.53. The quantitative estimate of drug-likeness (QED) is 0.398. The van der Waals surface area contributed by atoms with Crippen molar-refractivity contribution in [2.45, 2.75) is 79.1 Å². The summed E-state index contributed by atoms with van der Waals surface area (Å²) < 4.78 is 21.0. The van der Waals surface area contributed by atoms with E-state index in [0.29, 0.717) is 5.56 Å². The van der Waals surface area contributed by atoms with Crippen molar-refractivity contribution >= 4 is 23.9 Å². The van der Waals surface area contributed by atoms with Crippen LogP contribution in [0.25, 0.3) is 0 Å². The zero-order chi connectivity index (χ0) is 24.4. The molecular weight excluding hydrogens is 418 g/mol. The number of nitrogens with two attached hydrogens (primary N) is 1. The Balaban J connectivity index is 2.85. The summed E-state index contributed by atoms with van der Waals surface area (Å²) in [4.78, 5) is 47.5. The van der Waals surface area contributed by atoms with Gasteiger partial charge >= 0.3 is 23.9 Å². The lowest BCUT2D eigenvalue weighted by atomic mass is 10.1. The predicted octanol–water partition coefficient (Wildman–Crippen LogP) is 2.71. The molecule has 0 radical (unpaired) electrons. The van der Waals surface area contributed by atoms with Crippen LogP contribution >= 0.6 is 0 Å². The molecule has 0 unspecified atom stereocenters. The summed E-state index contributed by atoms with van der Waals surface area (Å²) in [7, 11) is 0. The molecule has 32 heavy (non-hydrogen) atoms. The van der Waals surface area contributed by atoms with Crippen LogP contribution in [0.15, 0.2) is 18.2 Å². The second kappa shape index (κ2) is 12.8. The zero-order valence-electron chi connectivity index (χ0n) is 19.5. The Morgan fingerprint density at radius 1 is 0.812 bits per heavy atom. The molecule has 0 bridgehead atoms. The van der Waals surface area contributed by atoms with Crippen LogP contribution in [0, 0.1) is 5.92 Å². The highest BCUT2D eigenvalue weighted by Gasteiger charge is 2.25. The fourth-order valence-corrected chi connectivity index (χ4v) is 2.35. The largest absolute Gasteiger partial charge is 0.459 e. The molecule has 1 aromatic carbocycles. The van der Waals surface area contributed by atoms with Gasteiger partial charge in [0.1, 0.15) is 18.2 Å². The van der Waals surface area contributed by atoms with Crippen LogP contribution < -0.4 is 15.2 Å². The maximum absolute atomic E-state index is 12.4. The summed E-state index contributed by atoms with van der Waals surface area (Å²) >= 11 is 0. The van der Waals surface area contributed by atoms with Crippen molar-refractivity contribution < 1.29 is 38.1 Å². The van der Waals surface area contributed by atoms with Crippen LogP contribution in [0.1, 0.15) is 59.9 Å². The van der Waals surface area contributed by atoms with E-state index in [1.165, 1.54) is 12.1 Å². The van der Waals surface area contributed by atoms with Gasteiger partial charge in [-0.1, -0.05) is 33.8 Å². The summed E-state index contributed by atoms with van der Waals surface area (Å²) in [5, 5.41) is 0. The number of carbonyl (C=O) groups is 4. The molecule has 0 aromatic heterocycles. The fourth-order valence-electron chi connectivity index (χ4n) is 2.35. The minimum Gasteiger partial charge on any atom is -0.459 e. The van der Waals surface area contributed by atoms with Gasteiger partial charge in [-0.05, 0) is 38.0 Å². The van der Waals surface area contributed by atoms with E-state index in [9.17, 15) is 19.2 Å². The van der Waals surface area contributed by atoms with Gasteiger partial charge in [0, 0.05) is 12.8 Å². The summed E-state index contributed by atoms with van der Waals surface area (Å²) in [6.07, 6.45) is -0.941. The molecule has 0 heterocycles. The maximum Gasteiger partial charge on any atom is 0.323 e. The van der Waals surface area contributed by atoms with Crippen LogP contribution in [0.3, 0.4) is 0 Å². The molecule has 0 aliphatic carbocycles. The number of hydrogen-bond acceptors (Lipinski definition) is 9. The van der Waals surface area contributed by atoms with E-state index in [-0.39, 0.29) is 42.6 Å². The number of esters is 4. The molecule has 9 nitrogen and oxygen atoms in total. The van der Waals surface area contributed by atoms with Crippen molar-refractivity contribution in [1.29, 1.82) is 0 Å². The first-order chi connectivity index (χ1) is 15.0. The van der Waals surface area contributed by atoms with Crippen molar-refractivity contribution in [3.8, 4) is 11.5 Å². The van der Waals surface area contributed by atoms with Crippen molar-refractivity contribution in [2.24, 2.45) is 11.7 Å². The second-order valence-corrected chi connectivity index (χ2v) is 7.69. The number of carbonyl (C=O) groups excluding carboxylic acids is 4. The Morgan fingerprint density at radius 2 is 1.31 bits per heavy atom. The van der Waals surface area contributed by atoms with Crippen LogP contribution in [0.5, 0.6) is 11.5 Å². The van der Waals surface area contributed by atoms with Crippen LogP contribution in [-0.2, 0) is 35.1 Å². The molecular formula is C23H33NO8. The van der Waals surface area contributed by atoms with Gasteiger partial charge in [-0.15, -0.1) is 0 Å². The standard InChI is InChI=1S/C23H33NO8/c1-7-20(25)31-18-10-9-16(12-19(18)32-21(26)8-2)11-17(24)23(28)30-15(6)14(5)29-22(27)13(3)4/h9-10,12-15,17H,7-8,11,24H2,1-6H3/t14-,15-,17-/m0/s1. The monoisotopic (exact) mass is 451 g/mol. The van der Waals surface area contributed by atoms with E-state index in [4.69, 9.17) is 24.7 Å². The molecule has 0 aliphatic rings. The second-order valence-electron chi connectivity index (χ2n) is 7.69. The first kappa shape index (κ1) is 27.1. The summed E-state index contributed by atoms with van der Waals surface area (Å²) in [5.41, 5.74) is 6.57. The van der Waals surface area contributed by atoms with Gasteiger partial charge < -0.3 is 24.7 Å². The third kappa shape index (κ3) is 8.66. The summed E-state index contributed by atoms with van der Waals surface area (Å²) in [6.45, 7) is 9.95. The highest BCUT2D eigenvalue weighted by molar-refractivity contribution is 5.77. The van der Waals surface area contributed by atoms with Crippen LogP contribution in [-0.4, -0.2) is 42.1 Å². The van der Waals surface area contributed by atoms with Crippen molar-refractivity contribution in [1.82, 2.24) is 0 Å². The Morgan fingerprint density at radius 3 is 1.81 bits per heavy atom. The van der Waals surface area contributed by atoms with Crippen molar-refractivity contribution in [3.63, 3.8) is 0 Å². The average Bonchev–Trinajstić information content (AvgIpc) is 2.74. The lowest BCUT2D eigenvalue weighted by Crippen LogP contribution is -2.39. The van der Waals surface area contributed by atoms with Crippen LogP contribution in [0.4, 0.5) is 0 Å². The predicted molar refractivity (Wildman–Crippen MR) is 116 cm³/mol. The highest BCUT2D eigenvalue weighted by atomic mass is 16.6. The minimum atomic E-state index is -1.01. The Kier molecular flexibility index (Phi) is 10.8. The van der Waals surface area contributed by atoms with E-state index in [2.05, 4.69) is 0 Å². The van der Waals surface area contributed by atoms with Crippen molar-refractivity contribution in [2.75, 3.05) is 0 Å². The molecule has 1 rings (SSSR count). The molecule has 0 aliphatic heterocycles. The molecule has 0 saturated heterocycles. The van der Waals surface area contributed by atoms with Gasteiger partial charge in [0.25, 0.3) is 0 Å². The van der Waals surface area contributed by atoms with Gasteiger partial charge in [-0.3, -0.25) is 19.2 Å². The van der Waals surface area contributed by atoms with E-state index in [0.717, 1.165) is 0 Å². The molecule has 2 N–H and O–H groups in total. The number of rotatable bonds is 11. The lowest BCUT2D eigenvalue weighted by Gasteiger charge is -2.23. The van der Waals surface area contributed by atoms with Gasteiger partial charge in [0.15, 0.2) is 11.5 Å². The third-order valence-corrected chi connectivity index (χ3v) is 4.53. The maximum atomic E-state index is 12.4. The zero-order valence-corrected chi connectivity index (χ0v) is 19.5. The average molecular weight is 452 g/mol. The summed E-state index contributed by atoms with van der Waals surface area (Å²) in [5.74, 6) is -2.15. The van der Waals surface area contributed by atoms with Gasteiger partial charge in [0.05, 0.1) is 5.92 Å². The van der Waals surface area contributed by atoms with Gasteiger partial charge in [-0.25, -0.2) is 0 Å². The number of hydrogen-bond donors (Lipinski definition) is 1.